The van der Waals surface area contributed by atoms with Gasteiger partial charge < -0.3 is 9.32 Å². The van der Waals surface area contributed by atoms with Crippen molar-refractivity contribution in [3.05, 3.63) is 35.6 Å². The van der Waals surface area contributed by atoms with Gasteiger partial charge in [-0.05, 0) is 50.8 Å². The molecule has 0 bridgehead atoms. The normalized spacial score (nSPS) is 20.4. The molecule has 27 heavy (non-hydrogen) atoms. The third-order valence-electron chi connectivity index (χ3n) is 6.52. The van der Waals surface area contributed by atoms with Gasteiger partial charge in [0.2, 0.25) is 5.91 Å². The summed E-state index contributed by atoms with van der Waals surface area (Å²) in [6.45, 7) is 9.31. The Balaban J connectivity index is 1.37. The first-order valence-electron chi connectivity index (χ1n) is 10.7. The van der Waals surface area contributed by atoms with Gasteiger partial charge in [0.15, 0.2) is 0 Å². The summed E-state index contributed by atoms with van der Waals surface area (Å²) in [5, 5.41) is 1.25. The average molecular weight is 369 g/mol. The Morgan fingerprint density at radius 3 is 2.48 bits per heavy atom. The molecule has 2 fully saturated rings. The van der Waals surface area contributed by atoms with E-state index < -0.39 is 0 Å². The van der Waals surface area contributed by atoms with Crippen molar-refractivity contribution in [1.82, 2.24) is 9.80 Å². The number of furan rings is 1. The molecule has 1 aromatic carbocycles. The van der Waals surface area contributed by atoms with Crippen LogP contribution in [0.15, 0.2) is 28.7 Å². The maximum Gasteiger partial charge on any atom is 0.225 e. The third-order valence-corrected chi connectivity index (χ3v) is 6.52. The number of piperidine rings is 2. The lowest BCUT2D eigenvalue weighted by atomic mass is 9.92. The molecule has 1 amide bonds. The number of para-hydroxylation sites is 1. The first-order valence-corrected chi connectivity index (χ1v) is 10.7. The van der Waals surface area contributed by atoms with Gasteiger partial charge in [0.1, 0.15) is 11.3 Å². The fourth-order valence-corrected chi connectivity index (χ4v) is 4.66. The SMILES string of the molecule is CCc1oc2ccccc2c1CN1CCC(C(=O)N2CCC(C)CC2)CC1. The van der Waals surface area contributed by atoms with Crippen LogP contribution in [0, 0.1) is 11.8 Å². The predicted octanol–water partition coefficient (Wildman–Crippen LogP) is 4.47. The molecule has 2 aliphatic rings. The molecule has 2 aliphatic heterocycles. The number of likely N-dealkylation sites (tertiary alicyclic amines) is 2. The van der Waals surface area contributed by atoms with Crippen LogP contribution >= 0.6 is 0 Å². The van der Waals surface area contributed by atoms with Crippen molar-refractivity contribution in [1.29, 1.82) is 0 Å². The molecule has 2 saturated heterocycles. The Bertz CT molecular complexity index is 781. The van der Waals surface area contributed by atoms with Crippen LogP contribution < -0.4 is 0 Å². The average Bonchev–Trinajstić information content (AvgIpc) is 3.06. The number of benzene rings is 1. The van der Waals surface area contributed by atoms with Crippen LogP contribution in [0.1, 0.15) is 50.9 Å². The molecule has 4 nitrogen and oxygen atoms in total. The highest BCUT2D eigenvalue weighted by Gasteiger charge is 2.30. The Kier molecular flexibility index (Phi) is 5.53. The van der Waals surface area contributed by atoms with Crippen molar-refractivity contribution >= 4 is 16.9 Å². The van der Waals surface area contributed by atoms with Crippen molar-refractivity contribution in [2.75, 3.05) is 26.2 Å². The molecular weight excluding hydrogens is 336 g/mol. The van der Waals surface area contributed by atoms with Gasteiger partial charge in [0, 0.05) is 42.9 Å². The molecule has 4 rings (SSSR count). The highest BCUT2D eigenvalue weighted by atomic mass is 16.3. The van der Waals surface area contributed by atoms with Crippen LogP contribution in [0.25, 0.3) is 11.0 Å². The number of hydrogen-bond acceptors (Lipinski definition) is 3. The molecule has 146 valence electrons. The van der Waals surface area contributed by atoms with Gasteiger partial charge in [-0.2, -0.15) is 0 Å². The lowest BCUT2D eigenvalue weighted by Gasteiger charge is -2.36. The second-order valence-corrected chi connectivity index (χ2v) is 8.41. The van der Waals surface area contributed by atoms with Crippen molar-refractivity contribution in [2.24, 2.45) is 11.8 Å². The molecule has 0 unspecified atom stereocenters. The number of fused-ring (bicyclic) bond motifs is 1. The third kappa shape index (κ3) is 3.91. The van der Waals surface area contributed by atoms with Crippen LogP contribution in [0.4, 0.5) is 0 Å². The Labute approximate surface area is 162 Å². The van der Waals surface area contributed by atoms with Crippen LogP contribution in [-0.2, 0) is 17.8 Å². The summed E-state index contributed by atoms with van der Waals surface area (Å²) in [5.74, 6) is 2.51. The zero-order chi connectivity index (χ0) is 18.8. The van der Waals surface area contributed by atoms with E-state index in [0.717, 1.165) is 82.1 Å². The van der Waals surface area contributed by atoms with Crippen molar-refractivity contribution in [3.63, 3.8) is 0 Å². The van der Waals surface area contributed by atoms with Gasteiger partial charge in [-0.3, -0.25) is 9.69 Å². The topological polar surface area (TPSA) is 36.7 Å². The minimum Gasteiger partial charge on any atom is -0.461 e. The second-order valence-electron chi connectivity index (χ2n) is 8.41. The summed E-state index contributed by atoms with van der Waals surface area (Å²) in [7, 11) is 0. The first-order chi connectivity index (χ1) is 13.2. The molecule has 0 saturated carbocycles. The number of carbonyl (C=O) groups excluding carboxylic acids is 1. The van der Waals surface area contributed by atoms with Crippen molar-refractivity contribution in [2.45, 2.75) is 52.5 Å². The summed E-state index contributed by atoms with van der Waals surface area (Å²) in [6.07, 6.45) is 5.23. The van der Waals surface area contributed by atoms with E-state index in [1.54, 1.807) is 0 Å². The summed E-state index contributed by atoms with van der Waals surface area (Å²) >= 11 is 0. The van der Waals surface area contributed by atoms with E-state index in [9.17, 15) is 4.79 Å². The van der Waals surface area contributed by atoms with E-state index in [0.29, 0.717) is 5.91 Å². The number of nitrogens with zero attached hydrogens (tertiary/aromatic N) is 2. The summed E-state index contributed by atoms with van der Waals surface area (Å²) in [4.78, 5) is 17.5. The van der Waals surface area contributed by atoms with Gasteiger partial charge in [-0.1, -0.05) is 32.0 Å². The molecule has 0 atom stereocenters. The fraction of sp³-hybridized carbons (Fsp3) is 0.609. The predicted molar refractivity (Wildman–Crippen MR) is 109 cm³/mol. The molecule has 0 aliphatic carbocycles. The summed E-state index contributed by atoms with van der Waals surface area (Å²) in [6, 6.07) is 8.35. The number of amides is 1. The number of rotatable bonds is 4. The highest BCUT2D eigenvalue weighted by Crippen LogP contribution is 2.30. The molecule has 0 N–H and O–H groups in total. The first kappa shape index (κ1) is 18.5. The van der Waals surface area contributed by atoms with E-state index in [4.69, 9.17) is 4.42 Å². The molecule has 3 heterocycles. The minimum atomic E-state index is 0.224. The maximum atomic E-state index is 12.9. The van der Waals surface area contributed by atoms with E-state index >= 15 is 0 Å². The number of hydrogen-bond donors (Lipinski definition) is 0. The quantitative estimate of drug-likeness (QED) is 0.799. The van der Waals surface area contributed by atoms with Crippen LogP contribution in [0.2, 0.25) is 0 Å². The highest BCUT2D eigenvalue weighted by molar-refractivity contribution is 5.82. The van der Waals surface area contributed by atoms with Gasteiger partial charge >= 0.3 is 0 Å². The van der Waals surface area contributed by atoms with Crippen LogP contribution in [0.5, 0.6) is 0 Å². The molecule has 4 heteroatoms. The number of carbonyl (C=O) groups is 1. The van der Waals surface area contributed by atoms with Gasteiger partial charge in [0.25, 0.3) is 0 Å². The van der Waals surface area contributed by atoms with Crippen LogP contribution in [0.3, 0.4) is 0 Å². The van der Waals surface area contributed by atoms with E-state index in [2.05, 4.69) is 41.8 Å². The Morgan fingerprint density at radius 2 is 1.78 bits per heavy atom. The Morgan fingerprint density at radius 1 is 1.07 bits per heavy atom. The largest absolute Gasteiger partial charge is 0.461 e. The standard InChI is InChI=1S/C23H32N2O2/c1-3-21-20(19-6-4-5-7-22(19)27-21)16-24-12-10-18(11-13-24)23(26)25-14-8-17(2)9-15-25/h4-7,17-18H,3,8-16H2,1-2H3. The molecule has 0 spiro atoms. The van der Waals surface area contributed by atoms with Gasteiger partial charge in [-0.25, -0.2) is 0 Å². The lowest BCUT2D eigenvalue weighted by Crippen LogP contribution is -2.45. The zero-order valence-electron chi connectivity index (χ0n) is 16.7. The smallest absolute Gasteiger partial charge is 0.225 e. The van der Waals surface area contributed by atoms with E-state index in [-0.39, 0.29) is 5.92 Å². The Hall–Kier alpha value is -1.81. The van der Waals surface area contributed by atoms with Crippen LogP contribution in [-0.4, -0.2) is 41.9 Å². The molecular formula is C23H32N2O2. The fourth-order valence-electron chi connectivity index (χ4n) is 4.66. The monoisotopic (exact) mass is 368 g/mol. The van der Waals surface area contributed by atoms with Crippen molar-refractivity contribution < 1.29 is 9.21 Å². The summed E-state index contributed by atoms with van der Waals surface area (Å²) < 4.78 is 6.05. The maximum absolute atomic E-state index is 12.9. The van der Waals surface area contributed by atoms with Crippen molar-refractivity contribution in [3.8, 4) is 0 Å². The van der Waals surface area contributed by atoms with E-state index in [1.807, 2.05) is 6.07 Å². The molecule has 2 aromatic rings. The zero-order valence-corrected chi connectivity index (χ0v) is 16.7. The number of aryl methyl sites for hydroxylation is 1. The van der Waals surface area contributed by atoms with Gasteiger partial charge in [0.05, 0.1) is 0 Å². The molecule has 0 radical (unpaired) electrons. The lowest BCUT2D eigenvalue weighted by molar-refractivity contribution is -0.138. The summed E-state index contributed by atoms with van der Waals surface area (Å²) in [5.41, 5.74) is 2.33. The second kappa shape index (κ2) is 8.05. The minimum absolute atomic E-state index is 0.224. The molecule has 1 aromatic heterocycles. The van der Waals surface area contributed by atoms with Gasteiger partial charge in [-0.15, -0.1) is 0 Å². The van der Waals surface area contributed by atoms with E-state index in [1.165, 1.54) is 10.9 Å².